The summed E-state index contributed by atoms with van der Waals surface area (Å²) in [4.78, 5) is 25.4. The highest BCUT2D eigenvalue weighted by molar-refractivity contribution is 5.95. The maximum Gasteiger partial charge on any atom is 0.409 e. The van der Waals surface area contributed by atoms with Crippen LogP contribution in [0.4, 0.5) is 10.5 Å². The zero-order valence-electron chi connectivity index (χ0n) is 7.65. The topological polar surface area (TPSA) is 79.3 Å². The van der Waals surface area contributed by atoms with Crippen molar-refractivity contribution in [1.29, 1.82) is 0 Å². The van der Waals surface area contributed by atoms with Gasteiger partial charge in [-0.25, -0.2) is 4.79 Å². The Balaban J connectivity index is 2.89. The minimum absolute atomic E-state index is 0.112. The highest BCUT2D eigenvalue weighted by Crippen LogP contribution is 2.09. The van der Waals surface area contributed by atoms with Crippen LogP contribution < -0.4 is 5.32 Å². The zero-order chi connectivity index (χ0) is 10.6. The van der Waals surface area contributed by atoms with Crippen LogP contribution in [0.2, 0.25) is 0 Å². The van der Waals surface area contributed by atoms with E-state index in [9.17, 15) is 9.59 Å². The molecule has 0 unspecified atom stereocenters. The number of carbonyl (C=O) groups excluding carboxylic acids is 1. The highest BCUT2D eigenvalue weighted by Gasteiger charge is 2.06. The van der Waals surface area contributed by atoms with Crippen LogP contribution in [0.5, 0.6) is 0 Å². The number of carboxylic acid groups (broad SMARTS) is 1. The summed E-state index contributed by atoms with van der Waals surface area (Å²) < 4.78 is 0. The number of nitrogens with one attached hydrogen (secondary N) is 1. The maximum absolute atomic E-state index is 11.2. The van der Waals surface area contributed by atoms with Gasteiger partial charge in [-0.05, 0) is 12.1 Å². The molecule has 1 aromatic heterocycles. The largest absolute Gasteiger partial charge is 0.465 e. The van der Waals surface area contributed by atoms with Gasteiger partial charge in [0, 0.05) is 18.3 Å². The molecule has 2 N–H and O–H groups in total. The Labute approximate surface area is 80.8 Å². The molecule has 1 rings (SSSR count). The second-order valence-corrected chi connectivity index (χ2v) is 2.64. The van der Waals surface area contributed by atoms with E-state index >= 15 is 0 Å². The molecule has 1 heterocycles. The van der Waals surface area contributed by atoms with Crippen LogP contribution in [0.25, 0.3) is 0 Å². The van der Waals surface area contributed by atoms with Crippen LogP contribution in [0.3, 0.4) is 0 Å². The monoisotopic (exact) mass is 194 g/mol. The fraction of sp³-hybridized carbons (Fsp3) is 0.222. The molecule has 74 valence electrons. The highest BCUT2D eigenvalue weighted by atomic mass is 16.4. The Kier molecular flexibility index (Phi) is 3.17. The summed E-state index contributed by atoms with van der Waals surface area (Å²) in [6.45, 7) is 1.72. The zero-order valence-corrected chi connectivity index (χ0v) is 7.65. The number of amides is 1. The first-order valence-corrected chi connectivity index (χ1v) is 4.12. The van der Waals surface area contributed by atoms with Crippen LogP contribution in [-0.4, -0.2) is 22.0 Å². The van der Waals surface area contributed by atoms with Crippen LogP contribution in [-0.2, 0) is 0 Å². The fourth-order valence-corrected chi connectivity index (χ4v) is 0.965. The van der Waals surface area contributed by atoms with E-state index in [0.717, 1.165) is 0 Å². The maximum atomic E-state index is 11.2. The van der Waals surface area contributed by atoms with E-state index in [1.54, 1.807) is 6.92 Å². The predicted octanol–water partition coefficient (Wildman–Crippen LogP) is 1.76. The van der Waals surface area contributed by atoms with Crippen LogP contribution >= 0.6 is 0 Å². The van der Waals surface area contributed by atoms with Gasteiger partial charge in [0.05, 0.1) is 0 Å². The molecule has 0 aliphatic carbocycles. The lowest BCUT2D eigenvalue weighted by Gasteiger charge is -2.01. The van der Waals surface area contributed by atoms with Crippen molar-refractivity contribution in [1.82, 2.24) is 4.98 Å². The van der Waals surface area contributed by atoms with Gasteiger partial charge in [0.15, 0.2) is 5.78 Å². The molecule has 0 aromatic carbocycles. The van der Waals surface area contributed by atoms with Gasteiger partial charge in [-0.3, -0.25) is 15.1 Å². The molecule has 0 aliphatic rings. The number of nitrogens with zero attached hydrogens (tertiary/aromatic N) is 1. The molecule has 5 nitrogen and oxygen atoms in total. The standard InChI is InChI=1S/C9H10N2O3/c1-2-8(12)7-5-6(3-4-10-7)11-9(13)14/h3-5H,2H2,1H3,(H,10,11)(H,13,14). The summed E-state index contributed by atoms with van der Waals surface area (Å²) in [6.07, 6.45) is 0.587. The smallest absolute Gasteiger partial charge is 0.409 e. The molecule has 1 amide bonds. The molecule has 0 aliphatic heterocycles. The number of aromatic nitrogens is 1. The first-order chi connectivity index (χ1) is 6.63. The summed E-state index contributed by atoms with van der Waals surface area (Å²) in [6, 6.07) is 2.90. The number of carbonyl (C=O) groups is 2. The van der Waals surface area contributed by atoms with Crippen molar-refractivity contribution < 1.29 is 14.7 Å². The van der Waals surface area contributed by atoms with E-state index in [4.69, 9.17) is 5.11 Å². The first kappa shape index (κ1) is 10.2. The van der Waals surface area contributed by atoms with E-state index in [-0.39, 0.29) is 11.5 Å². The molecule has 0 saturated carbocycles. The van der Waals surface area contributed by atoms with Crippen LogP contribution in [0, 0.1) is 0 Å². The van der Waals surface area contributed by atoms with E-state index in [1.807, 2.05) is 0 Å². The van der Waals surface area contributed by atoms with Gasteiger partial charge >= 0.3 is 6.09 Å². The van der Waals surface area contributed by atoms with E-state index in [1.165, 1.54) is 18.3 Å². The van der Waals surface area contributed by atoms with Gasteiger partial charge in [0.2, 0.25) is 0 Å². The summed E-state index contributed by atoms with van der Waals surface area (Å²) in [7, 11) is 0. The number of ketones is 1. The second-order valence-electron chi connectivity index (χ2n) is 2.64. The number of hydrogen-bond donors (Lipinski definition) is 2. The first-order valence-electron chi connectivity index (χ1n) is 4.12. The molecular formula is C9H10N2O3. The number of hydrogen-bond acceptors (Lipinski definition) is 3. The van der Waals surface area contributed by atoms with Crippen molar-refractivity contribution in [2.24, 2.45) is 0 Å². The molecule has 0 atom stereocenters. The third-order valence-corrected chi connectivity index (χ3v) is 1.62. The minimum atomic E-state index is -1.16. The van der Waals surface area contributed by atoms with E-state index in [2.05, 4.69) is 10.3 Å². The van der Waals surface area contributed by atoms with Crippen molar-refractivity contribution in [2.75, 3.05) is 5.32 Å². The summed E-state index contributed by atoms with van der Waals surface area (Å²) in [5.74, 6) is -0.112. The number of anilines is 1. The third kappa shape index (κ3) is 2.55. The molecule has 1 aromatic rings. The second kappa shape index (κ2) is 4.36. The molecule has 0 spiro atoms. The van der Waals surface area contributed by atoms with Gasteiger partial charge < -0.3 is 5.11 Å². The molecular weight excluding hydrogens is 184 g/mol. The van der Waals surface area contributed by atoms with Gasteiger partial charge in [-0.2, -0.15) is 0 Å². The Bertz CT molecular complexity index is 363. The average Bonchev–Trinajstić information content (AvgIpc) is 2.16. The molecule has 0 saturated heterocycles. The van der Waals surface area contributed by atoms with E-state index < -0.39 is 6.09 Å². The Morgan fingerprint density at radius 2 is 2.29 bits per heavy atom. The molecule has 0 fully saturated rings. The lowest BCUT2D eigenvalue weighted by molar-refractivity contribution is 0.0983. The van der Waals surface area contributed by atoms with Crippen molar-refractivity contribution in [3.05, 3.63) is 24.0 Å². The lowest BCUT2D eigenvalue weighted by Crippen LogP contribution is -2.08. The summed E-state index contributed by atoms with van der Waals surface area (Å²) >= 11 is 0. The van der Waals surface area contributed by atoms with Crippen molar-refractivity contribution in [3.8, 4) is 0 Å². The average molecular weight is 194 g/mol. The quantitative estimate of drug-likeness (QED) is 0.718. The van der Waals surface area contributed by atoms with Crippen molar-refractivity contribution >= 4 is 17.6 Å². The van der Waals surface area contributed by atoms with Gasteiger partial charge in [-0.1, -0.05) is 6.92 Å². The van der Waals surface area contributed by atoms with E-state index in [0.29, 0.717) is 12.1 Å². The fourth-order valence-electron chi connectivity index (χ4n) is 0.965. The van der Waals surface area contributed by atoms with Crippen LogP contribution in [0.15, 0.2) is 18.3 Å². The molecule has 0 bridgehead atoms. The molecule has 5 heteroatoms. The van der Waals surface area contributed by atoms with Gasteiger partial charge in [-0.15, -0.1) is 0 Å². The number of Topliss-reactive ketones (excluding diaryl/α,β-unsaturated/α-hetero) is 1. The lowest BCUT2D eigenvalue weighted by atomic mass is 10.2. The minimum Gasteiger partial charge on any atom is -0.465 e. The number of rotatable bonds is 3. The summed E-state index contributed by atoms with van der Waals surface area (Å²) in [5.41, 5.74) is 0.628. The Hall–Kier alpha value is -1.91. The van der Waals surface area contributed by atoms with Crippen molar-refractivity contribution in [3.63, 3.8) is 0 Å². The Morgan fingerprint density at radius 3 is 2.86 bits per heavy atom. The normalized spacial score (nSPS) is 9.50. The van der Waals surface area contributed by atoms with Gasteiger partial charge in [0.1, 0.15) is 5.69 Å². The predicted molar refractivity (Wildman–Crippen MR) is 50.5 cm³/mol. The molecule has 14 heavy (non-hydrogen) atoms. The van der Waals surface area contributed by atoms with Gasteiger partial charge in [0.25, 0.3) is 0 Å². The third-order valence-electron chi connectivity index (χ3n) is 1.62. The SMILES string of the molecule is CCC(=O)c1cc(NC(=O)O)ccn1. The number of pyridine rings is 1. The van der Waals surface area contributed by atoms with Crippen LogP contribution in [0.1, 0.15) is 23.8 Å². The van der Waals surface area contributed by atoms with Crippen molar-refractivity contribution in [2.45, 2.75) is 13.3 Å². The molecule has 0 radical (unpaired) electrons. The Morgan fingerprint density at radius 1 is 1.57 bits per heavy atom. The summed E-state index contributed by atoms with van der Waals surface area (Å²) in [5, 5.41) is 10.6.